The van der Waals surface area contributed by atoms with Crippen LogP contribution in [0.5, 0.6) is 5.75 Å². The lowest BCUT2D eigenvalue weighted by Crippen LogP contribution is -2.14. The molecule has 1 atom stereocenters. The number of alkyl halides is 1. The van der Waals surface area contributed by atoms with Crippen molar-refractivity contribution in [1.82, 2.24) is 14.8 Å². The molecule has 1 heterocycles. The Labute approximate surface area is 128 Å². The maximum Gasteiger partial charge on any atom is 0.138 e. The van der Waals surface area contributed by atoms with Crippen molar-refractivity contribution in [3.8, 4) is 5.75 Å². The molecule has 1 aromatic heterocycles. The van der Waals surface area contributed by atoms with Gasteiger partial charge in [-0.1, -0.05) is 28.1 Å². The van der Waals surface area contributed by atoms with E-state index in [2.05, 4.69) is 45.1 Å². The zero-order valence-corrected chi connectivity index (χ0v) is 13.5. The van der Waals surface area contributed by atoms with Crippen LogP contribution in [-0.2, 0) is 19.4 Å². The predicted molar refractivity (Wildman–Crippen MR) is 83.4 cm³/mol. The second-order valence-electron chi connectivity index (χ2n) is 4.77. The van der Waals surface area contributed by atoms with Gasteiger partial charge < -0.3 is 4.74 Å². The van der Waals surface area contributed by atoms with Crippen LogP contribution in [0.4, 0.5) is 0 Å². The van der Waals surface area contributed by atoms with Gasteiger partial charge in [0.05, 0.1) is 7.11 Å². The Kier molecular flexibility index (Phi) is 5.59. The smallest absolute Gasteiger partial charge is 0.138 e. The van der Waals surface area contributed by atoms with Crippen molar-refractivity contribution in [3.63, 3.8) is 0 Å². The first-order chi connectivity index (χ1) is 9.76. The van der Waals surface area contributed by atoms with Gasteiger partial charge in [0, 0.05) is 18.3 Å². The quantitative estimate of drug-likeness (QED) is 0.729. The molecule has 1 unspecified atom stereocenters. The summed E-state index contributed by atoms with van der Waals surface area (Å²) in [6, 6.07) is 8.27. The SMILES string of the molecule is CCn1ncnc1CC(CBr)Cc1ccc(OC)cc1. The van der Waals surface area contributed by atoms with E-state index in [0.29, 0.717) is 5.92 Å². The summed E-state index contributed by atoms with van der Waals surface area (Å²) in [5.74, 6) is 2.47. The molecule has 2 aromatic rings. The highest BCUT2D eigenvalue weighted by molar-refractivity contribution is 9.09. The summed E-state index contributed by atoms with van der Waals surface area (Å²) < 4.78 is 7.15. The third-order valence-electron chi connectivity index (χ3n) is 3.37. The summed E-state index contributed by atoms with van der Waals surface area (Å²) >= 11 is 3.61. The molecule has 0 saturated heterocycles. The van der Waals surface area contributed by atoms with Gasteiger partial charge in [0.1, 0.15) is 17.9 Å². The summed E-state index contributed by atoms with van der Waals surface area (Å²) in [7, 11) is 1.69. The van der Waals surface area contributed by atoms with Crippen LogP contribution in [-0.4, -0.2) is 27.2 Å². The van der Waals surface area contributed by atoms with Crippen LogP contribution in [0.15, 0.2) is 30.6 Å². The van der Waals surface area contributed by atoms with E-state index < -0.39 is 0 Å². The number of hydrogen-bond donors (Lipinski definition) is 0. The van der Waals surface area contributed by atoms with Crippen LogP contribution < -0.4 is 4.74 Å². The van der Waals surface area contributed by atoms with Crippen LogP contribution in [0.25, 0.3) is 0 Å². The van der Waals surface area contributed by atoms with Crippen LogP contribution in [0.2, 0.25) is 0 Å². The molecule has 0 bridgehead atoms. The highest BCUT2D eigenvalue weighted by Crippen LogP contribution is 2.18. The largest absolute Gasteiger partial charge is 0.497 e. The van der Waals surface area contributed by atoms with E-state index in [1.807, 2.05) is 16.8 Å². The van der Waals surface area contributed by atoms with Crippen molar-refractivity contribution in [2.75, 3.05) is 12.4 Å². The lowest BCUT2D eigenvalue weighted by atomic mass is 9.97. The maximum atomic E-state index is 5.19. The monoisotopic (exact) mass is 337 g/mol. The van der Waals surface area contributed by atoms with Crippen molar-refractivity contribution < 1.29 is 4.74 Å². The summed E-state index contributed by atoms with van der Waals surface area (Å²) in [5, 5.41) is 5.18. The molecule has 0 spiro atoms. The zero-order chi connectivity index (χ0) is 14.4. The van der Waals surface area contributed by atoms with Gasteiger partial charge in [-0.2, -0.15) is 5.10 Å². The van der Waals surface area contributed by atoms with Gasteiger partial charge in [-0.05, 0) is 37.0 Å². The Hall–Kier alpha value is -1.36. The van der Waals surface area contributed by atoms with Gasteiger partial charge in [0.15, 0.2) is 0 Å². The number of benzene rings is 1. The minimum atomic E-state index is 0.512. The number of halogens is 1. The number of nitrogens with zero attached hydrogens (tertiary/aromatic N) is 3. The molecule has 0 aliphatic carbocycles. The predicted octanol–water partition coefficient (Wildman–Crippen LogP) is 3.10. The molecular formula is C15H20BrN3O. The van der Waals surface area contributed by atoms with Crippen molar-refractivity contribution >= 4 is 15.9 Å². The average molecular weight is 338 g/mol. The minimum absolute atomic E-state index is 0.512. The van der Waals surface area contributed by atoms with E-state index in [0.717, 1.165) is 36.3 Å². The molecule has 0 fully saturated rings. The number of aromatic nitrogens is 3. The van der Waals surface area contributed by atoms with Gasteiger partial charge in [-0.25, -0.2) is 4.98 Å². The molecular weight excluding hydrogens is 318 g/mol. The molecule has 0 aliphatic rings. The number of ether oxygens (including phenoxy) is 1. The number of hydrogen-bond acceptors (Lipinski definition) is 3. The first-order valence-corrected chi connectivity index (χ1v) is 7.94. The molecule has 0 radical (unpaired) electrons. The maximum absolute atomic E-state index is 5.19. The molecule has 0 N–H and O–H groups in total. The Bertz CT molecular complexity index is 524. The van der Waals surface area contributed by atoms with E-state index in [9.17, 15) is 0 Å². The second kappa shape index (κ2) is 7.43. The van der Waals surface area contributed by atoms with Gasteiger partial charge >= 0.3 is 0 Å². The Morgan fingerprint density at radius 1 is 1.25 bits per heavy atom. The Morgan fingerprint density at radius 3 is 2.60 bits per heavy atom. The summed E-state index contributed by atoms with van der Waals surface area (Å²) in [4.78, 5) is 4.35. The van der Waals surface area contributed by atoms with Crippen LogP contribution in [0, 0.1) is 5.92 Å². The van der Waals surface area contributed by atoms with E-state index in [1.165, 1.54) is 5.56 Å². The van der Waals surface area contributed by atoms with Crippen molar-refractivity contribution in [2.24, 2.45) is 5.92 Å². The average Bonchev–Trinajstić information content (AvgIpc) is 2.94. The molecule has 5 heteroatoms. The molecule has 20 heavy (non-hydrogen) atoms. The first-order valence-electron chi connectivity index (χ1n) is 6.82. The standard InChI is InChI=1S/C15H20BrN3O/c1-3-19-15(17-11-18-19)9-13(10-16)8-12-4-6-14(20-2)7-5-12/h4-7,11,13H,3,8-10H2,1-2H3. The number of rotatable bonds is 7. The lowest BCUT2D eigenvalue weighted by Gasteiger charge is -2.14. The van der Waals surface area contributed by atoms with Crippen LogP contribution in [0.3, 0.4) is 0 Å². The third kappa shape index (κ3) is 3.82. The number of aryl methyl sites for hydroxylation is 1. The zero-order valence-electron chi connectivity index (χ0n) is 11.9. The van der Waals surface area contributed by atoms with Crippen LogP contribution >= 0.6 is 15.9 Å². The molecule has 108 valence electrons. The van der Waals surface area contributed by atoms with Gasteiger partial charge in [-0.3, -0.25) is 4.68 Å². The normalized spacial score (nSPS) is 12.3. The minimum Gasteiger partial charge on any atom is -0.497 e. The Balaban J connectivity index is 2.01. The molecule has 1 aromatic carbocycles. The second-order valence-corrected chi connectivity index (χ2v) is 5.42. The van der Waals surface area contributed by atoms with Crippen LogP contribution in [0.1, 0.15) is 18.3 Å². The fraction of sp³-hybridized carbons (Fsp3) is 0.467. The topological polar surface area (TPSA) is 39.9 Å². The Morgan fingerprint density at radius 2 is 2.00 bits per heavy atom. The van der Waals surface area contributed by atoms with E-state index in [-0.39, 0.29) is 0 Å². The fourth-order valence-electron chi connectivity index (χ4n) is 2.24. The summed E-state index contributed by atoms with van der Waals surface area (Å²) in [5.41, 5.74) is 1.32. The highest BCUT2D eigenvalue weighted by atomic mass is 79.9. The lowest BCUT2D eigenvalue weighted by molar-refractivity contribution is 0.414. The molecule has 2 rings (SSSR count). The van der Waals surface area contributed by atoms with E-state index in [4.69, 9.17) is 4.74 Å². The van der Waals surface area contributed by atoms with Gasteiger partial charge in [0.25, 0.3) is 0 Å². The first kappa shape index (κ1) is 15.0. The highest BCUT2D eigenvalue weighted by Gasteiger charge is 2.13. The molecule has 0 amide bonds. The molecule has 0 saturated carbocycles. The van der Waals surface area contributed by atoms with Gasteiger partial charge in [0.2, 0.25) is 0 Å². The molecule has 4 nitrogen and oxygen atoms in total. The number of methoxy groups -OCH3 is 1. The van der Waals surface area contributed by atoms with E-state index in [1.54, 1.807) is 13.4 Å². The van der Waals surface area contributed by atoms with Crippen molar-refractivity contribution in [1.29, 1.82) is 0 Å². The van der Waals surface area contributed by atoms with Crippen molar-refractivity contribution in [2.45, 2.75) is 26.3 Å². The van der Waals surface area contributed by atoms with E-state index >= 15 is 0 Å². The van der Waals surface area contributed by atoms with Crippen molar-refractivity contribution in [3.05, 3.63) is 42.0 Å². The fourth-order valence-corrected chi connectivity index (χ4v) is 2.70. The summed E-state index contributed by atoms with van der Waals surface area (Å²) in [6.45, 7) is 2.96. The third-order valence-corrected chi connectivity index (χ3v) is 4.28. The summed E-state index contributed by atoms with van der Waals surface area (Å²) in [6.07, 6.45) is 3.59. The molecule has 0 aliphatic heterocycles. The van der Waals surface area contributed by atoms with Gasteiger partial charge in [-0.15, -0.1) is 0 Å².